The van der Waals surface area contributed by atoms with Gasteiger partial charge in [-0.15, -0.1) is 0 Å². The summed E-state index contributed by atoms with van der Waals surface area (Å²) in [6, 6.07) is 8.26. The number of ether oxygens (including phenoxy) is 2. The zero-order valence-electron chi connectivity index (χ0n) is 16.5. The monoisotopic (exact) mass is 393 g/mol. The minimum absolute atomic E-state index is 0.00449. The van der Waals surface area contributed by atoms with E-state index in [1.54, 1.807) is 7.11 Å². The Kier molecular flexibility index (Phi) is 7.39. The molecule has 1 aromatic carbocycles. The zero-order valence-corrected chi connectivity index (χ0v) is 17.3. The van der Waals surface area contributed by atoms with Gasteiger partial charge in [0.1, 0.15) is 0 Å². The van der Waals surface area contributed by atoms with Crippen LogP contribution in [0.3, 0.4) is 0 Å². The van der Waals surface area contributed by atoms with Crippen LogP contribution in [-0.2, 0) is 14.9 Å². The fraction of sp³-hybridized carbons (Fsp3) is 0.667. The third-order valence-corrected chi connectivity index (χ3v) is 5.98. The molecule has 0 aromatic heterocycles. The van der Waals surface area contributed by atoms with E-state index in [-0.39, 0.29) is 5.41 Å². The molecule has 0 bridgehead atoms. The summed E-state index contributed by atoms with van der Waals surface area (Å²) in [4.78, 5) is 7.46. The summed E-state index contributed by atoms with van der Waals surface area (Å²) < 4.78 is 11.0. The molecule has 0 aliphatic carbocycles. The number of nitrogens with one attached hydrogen (secondary N) is 1. The van der Waals surface area contributed by atoms with Crippen LogP contribution in [0.5, 0.6) is 0 Å². The van der Waals surface area contributed by atoms with Crippen LogP contribution in [0, 0.1) is 5.92 Å². The Morgan fingerprint density at radius 3 is 2.93 bits per heavy atom. The molecule has 1 N–H and O–H groups in total. The van der Waals surface area contributed by atoms with Crippen LogP contribution >= 0.6 is 11.6 Å². The second-order valence-electron chi connectivity index (χ2n) is 7.63. The summed E-state index contributed by atoms with van der Waals surface area (Å²) >= 11 is 6.29. The van der Waals surface area contributed by atoms with Gasteiger partial charge in [0.15, 0.2) is 5.96 Å². The van der Waals surface area contributed by atoms with Gasteiger partial charge in [-0.3, -0.25) is 4.99 Å². The number of hydrogen-bond donors (Lipinski definition) is 1. The summed E-state index contributed by atoms with van der Waals surface area (Å²) in [7, 11) is 1.78. The normalized spacial score (nSPS) is 22.9. The van der Waals surface area contributed by atoms with Crippen LogP contribution in [0.4, 0.5) is 0 Å². The first-order valence-electron chi connectivity index (χ1n) is 10.0. The zero-order chi connectivity index (χ0) is 19.1. The quantitative estimate of drug-likeness (QED) is 0.595. The van der Waals surface area contributed by atoms with E-state index in [9.17, 15) is 0 Å². The van der Waals surface area contributed by atoms with Gasteiger partial charge >= 0.3 is 0 Å². The Labute approximate surface area is 168 Å². The molecule has 5 nitrogen and oxygen atoms in total. The fourth-order valence-corrected chi connectivity index (χ4v) is 4.36. The standard InChI is InChI=1S/C21H32ClN3O2/c1-3-23-20(25-10-7-17(14-25)15-26-2)24-16-21(8-11-27-12-9-21)18-5-4-6-19(22)13-18/h4-6,13,17H,3,7-12,14-16H2,1-2H3,(H,23,24). The summed E-state index contributed by atoms with van der Waals surface area (Å²) in [5.74, 6) is 1.60. The highest BCUT2D eigenvalue weighted by Gasteiger charge is 2.35. The van der Waals surface area contributed by atoms with Crippen LogP contribution in [0.2, 0.25) is 5.02 Å². The van der Waals surface area contributed by atoms with Crippen molar-refractivity contribution >= 4 is 17.6 Å². The van der Waals surface area contributed by atoms with Crippen LogP contribution in [-0.4, -0.2) is 64.0 Å². The number of likely N-dealkylation sites (tertiary alicyclic amines) is 1. The second kappa shape index (κ2) is 9.76. The Balaban J connectivity index is 1.79. The Hall–Kier alpha value is -1.30. The Morgan fingerprint density at radius 1 is 1.41 bits per heavy atom. The molecule has 2 aliphatic heterocycles. The third-order valence-electron chi connectivity index (χ3n) is 5.74. The smallest absolute Gasteiger partial charge is 0.193 e. The lowest BCUT2D eigenvalue weighted by Gasteiger charge is -2.37. The minimum Gasteiger partial charge on any atom is -0.384 e. The summed E-state index contributed by atoms with van der Waals surface area (Å²) in [5, 5.41) is 4.27. The van der Waals surface area contributed by atoms with E-state index in [2.05, 4.69) is 29.3 Å². The van der Waals surface area contributed by atoms with Gasteiger partial charge in [0.05, 0.1) is 13.2 Å². The molecule has 27 heavy (non-hydrogen) atoms. The number of halogens is 1. The van der Waals surface area contributed by atoms with Crippen molar-refractivity contribution in [1.82, 2.24) is 10.2 Å². The van der Waals surface area contributed by atoms with Crippen molar-refractivity contribution in [3.05, 3.63) is 34.9 Å². The molecule has 150 valence electrons. The van der Waals surface area contributed by atoms with Crippen molar-refractivity contribution in [2.24, 2.45) is 10.9 Å². The Morgan fingerprint density at radius 2 is 2.22 bits per heavy atom. The molecular weight excluding hydrogens is 362 g/mol. The maximum absolute atomic E-state index is 6.29. The average molecular weight is 394 g/mol. The molecule has 6 heteroatoms. The molecule has 0 spiro atoms. The number of aliphatic imine (C=N–C) groups is 1. The van der Waals surface area contributed by atoms with Crippen LogP contribution < -0.4 is 5.32 Å². The second-order valence-corrected chi connectivity index (χ2v) is 8.07. The van der Waals surface area contributed by atoms with Gasteiger partial charge in [-0.2, -0.15) is 0 Å². The van der Waals surface area contributed by atoms with Crippen molar-refractivity contribution in [1.29, 1.82) is 0 Å². The van der Waals surface area contributed by atoms with Gasteiger partial charge in [-0.25, -0.2) is 0 Å². The molecule has 2 aliphatic rings. The molecule has 3 rings (SSSR count). The number of hydrogen-bond acceptors (Lipinski definition) is 3. The Bertz CT molecular complexity index is 632. The highest BCUT2D eigenvalue weighted by atomic mass is 35.5. The average Bonchev–Trinajstić information content (AvgIpc) is 3.15. The fourth-order valence-electron chi connectivity index (χ4n) is 4.17. The lowest BCUT2D eigenvalue weighted by Crippen LogP contribution is -2.43. The topological polar surface area (TPSA) is 46.1 Å². The maximum atomic E-state index is 6.29. The predicted octanol–water partition coefficient (Wildman–Crippen LogP) is 3.32. The van der Waals surface area contributed by atoms with Gasteiger partial charge in [0.25, 0.3) is 0 Å². The van der Waals surface area contributed by atoms with E-state index in [0.29, 0.717) is 5.92 Å². The number of guanidine groups is 1. The molecule has 2 fully saturated rings. The van der Waals surface area contributed by atoms with Gasteiger partial charge in [0.2, 0.25) is 0 Å². The lowest BCUT2D eigenvalue weighted by atomic mass is 9.74. The first kappa shape index (κ1) is 20.4. The van der Waals surface area contributed by atoms with Gasteiger partial charge < -0.3 is 19.7 Å². The SMILES string of the molecule is CCNC(=NCC1(c2cccc(Cl)c2)CCOCC1)N1CCC(COC)C1. The molecule has 0 amide bonds. The molecular formula is C21H32ClN3O2. The van der Waals surface area contributed by atoms with Crippen LogP contribution in [0.15, 0.2) is 29.3 Å². The molecule has 0 saturated carbocycles. The number of benzene rings is 1. The molecule has 1 unspecified atom stereocenters. The first-order valence-corrected chi connectivity index (χ1v) is 10.4. The van der Waals surface area contributed by atoms with Gasteiger partial charge in [-0.05, 0) is 43.9 Å². The summed E-state index contributed by atoms with van der Waals surface area (Å²) in [6.45, 7) is 8.16. The predicted molar refractivity (Wildman–Crippen MR) is 111 cm³/mol. The number of rotatable bonds is 6. The van der Waals surface area contributed by atoms with E-state index in [1.807, 2.05) is 12.1 Å². The highest BCUT2D eigenvalue weighted by Crippen LogP contribution is 2.36. The summed E-state index contributed by atoms with van der Waals surface area (Å²) in [5.41, 5.74) is 1.27. The molecule has 1 aromatic rings. The van der Waals surface area contributed by atoms with Crippen molar-refractivity contribution < 1.29 is 9.47 Å². The van der Waals surface area contributed by atoms with E-state index in [1.165, 1.54) is 5.56 Å². The molecule has 1 atom stereocenters. The lowest BCUT2D eigenvalue weighted by molar-refractivity contribution is 0.0530. The van der Waals surface area contributed by atoms with Crippen molar-refractivity contribution in [2.45, 2.75) is 31.6 Å². The van der Waals surface area contributed by atoms with E-state index < -0.39 is 0 Å². The van der Waals surface area contributed by atoms with Gasteiger partial charge in [-0.1, -0.05) is 23.7 Å². The van der Waals surface area contributed by atoms with E-state index in [0.717, 1.165) is 76.2 Å². The van der Waals surface area contributed by atoms with Crippen molar-refractivity contribution in [2.75, 3.05) is 53.1 Å². The van der Waals surface area contributed by atoms with Crippen LogP contribution in [0.1, 0.15) is 31.7 Å². The van der Waals surface area contributed by atoms with Crippen LogP contribution in [0.25, 0.3) is 0 Å². The minimum atomic E-state index is -0.00449. The van der Waals surface area contributed by atoms with Gasteiger partial charge in [0, 0.05) is 56.3 Å². The van der Waals surface area contributed by atoms with E-state index >= 15 is 0 Å². The summed E-state index contributed by atoms with van der Waals surface area (Å²) in [6.07, 6.45) is 3.11. The number of methoxy groups -OCH3 is 1. The molecule has 2 heterocycles. The third kappa shape index (κ3) is 5.15. The number of nitrogens with zero attached hydrogens (tertiary/aromatic N) is 2. The van der Waals surface area contributed by atoms with Crippen molar-refractivity contribution in [3.63, 3.8) is 0 Å². The first-order chi connectivity index (χ1) is 13.2. The maximum Gasteiger partial charge on any atom is 0.193 e. The molecule has 0 radical (unpaired) electrons. The highest BCUT2D eigenvalue weighted by molar-refractivity contribution is 6.30. The molecule has 2 saturated heterocycles. The van der Waals surface area contributed by atoms with E-state index in [4.69, 9.17) is 26.1 Å². The largest absolute Gasteiger partial charge is 0.384 e. The van der Waals surface area contributed by atoms with Crippen molar-refractivity contribution in [3.8, 4) is 0 Å².